The Hall–Kier alpha value is -0.250. The van der Waals surface area contributed by atoms with Gasteiger partial charge in [0.25, 0.3) is 17.1 Å². The summed E-state index contributed by atoms with van der Waals surface area (Å²) >= 11 is 0. The van der Waals surface area contributed by atoms with E-state index in [0.29, 0.717) is 18.1 Å². The zero-order valence-corrected chi connectivity index (χ0v) is 34.4. The van der Waals surface area contributed by atoms with Crippen molar-refractivity contribution in [3.8, 4) is 0 Å². The summed E-state index contributed by atoms with van der Waals surface area (Å²) in [5, 5.41) is 3.74. The van der Waals surface area contributed by atoms with Crippen LogP contribution >= 0.6 is 17.1 Å². The van der Waals surface area contributed by atoms with Gasteiger partial charge in [0, 0.05) is 53.9 Å². The van der Waals surface area contributed by atoms with E-state index in [1.165, 1.54) is 38.2 Å². The number of carbonyl (C=O) groups excluding carboxylic acids is 1. The standard InChI is InChI=1S/C22H39N2O3P.C15H31N2O3P/c1-7-20(25)24-21(3,4)15-19(16-22(24,5)6)23(18-11-9-8-10-12-18)28-26-14-13-17(2)27-28;1-14(2)11-13(12-15(3,4)16-14)17(7-10-18-5)21-19-8-6-9-20-21/h7,17-19H,1,8-16H2,2-6H3;13,16H,6-12H2,1-5H3. The maximum atomic E-state index is 12.7. The normalized spacial score (nSPS) is 29.8. The molecule has 2 atom stereocenters. The molecule has 5 rings (SSSR count). The number of hydrogen-bond acceptors (Lipinski definition) is 9. The fourth-order valence-corrected chi connectivity index (χ4v) is 12.8. The van der Waals surface area contributed by atoms with Crippen molar-refractivity contribution in [3.05, 3.63) is 12.7 Å². The van der Waals surface area contributed by atoms with Crippen LogP contribution in [0.3, 0.4) is 0 Å². The van der Waals surface area contributed by atoms with Gasteiger partial charge in [-0.1, -0.05) is 25.8 Å². The van der Waals surface area contributed by atoms with Gasteiger partial charge in [-0.25, -0.2) is 9.34 Å². The van der Waals surface area contributed by atoms with E-state index in [2.05, 4.69) is 83.6 Å². The summed E-state index contributed by atoms with van der Waals surface area (Å²) in [6.07, 6.45) is 14.2. The molecule has 0 spiro atoms. The fraction of sp³-hybridized carbons (Fsp3) is 0.919. The van der Waals surface area contributed by atoms with Crippen molar-refractivity contribution in [2.45, 2.75) is 179 Å². The molecule has 0 radical (unpaired) electrons. The molecule has 12 heteroatoms. The molecular formula is C37H70N4O6P2. The minimum Gasteiger partial charge on any atom is -0.383 e. The highest BCUT2D eigenvalue weighted by atomic mass is 31.2. The number of amides is 1. The molecule has 0 aromatic rings. The van der Waals surface area contributed by atoms with Gasteiger partial charge in [-0.15, -0.1) is 0 Å². The molecule has 0 aromatic heterocycles. The third-order valence-corrected chi connectivity index (χ3v) is 14.3. The van der Waals surface area contributed by atoms with Crippen molar-refractivity contribution in [3.63, 3.8) is 0 Å². The Balaban J connectivity index is 0.000000230. The lowest BCUT2D eigenvalue weighted by Gasteiger charge is -2.58. The van der Waals surface area contributed by atoms with Crippen molar-refractivity contribution < 1.29 is 27.6 Å². The molecule has 1 amide bonds. The van der Waals surface area contributed by atoms with E-state index in [9.17, 15) is 4.79 Å². The average Bonchev–Trinajstić information content (AvgIpc) is 3.00. The van der Waals surface area contributed by atoms with Crippen LogP contribution in [-0.4, -0.2) is 107 Å². The number of nitrogens with one attached hydrogen (secondary N) is 1. The molecule has 4 saturated heterocycles. The van der Waals surface area contributed by atoms with E-state index in [4.69, 9.17) is 22.8 Å². The summed E-state index contributed by atoms with van der Waals surface area (Å²) in [6, 6.07) is 1.36. The average molecular weight is 729 g/mol. The number of carbonyl (C=O) groups is 1. The van der Waals surface area contributed by atoms with Gasteiger partial charge >= 0.3 is 0 Å². The van der Waals surface area contributed by atoms with Crippen LogP contribution in [0.1, 0.15) is 133 Å². The molecule has 5 aliphatic rings. The second-order valence-electron chi connectivity index (χ2n) is 17.4. The smallest absolute Gasteiger partial charge is 0.259 e. The second-order valence-corrected chi connectivity index (χ2v) is 20.3. The van der Waals surface area contributed by atoms with Crippen molar-refractivity contribution >= 4 is 23.0 Å². The first kappa shape index (κ1) is 41.5. The number of hydrogen-bond donors (Lipinski definition) is 1. The van der Waals surface area contributed by atoms with E-state index in [1.807, 2.05) is 4.90 Å². The second kappa shape index (κ2) is 17.7. The van der Waals surface area contributed by atoms with E-state index < -0.39 is 17.1 Å². The van der Waals surface area contributed by atoms with Crippen LogP contribution in [0.15, 0.2) is 12.7 Å². The number of piperidine rings is 2. The summed E-state index contributed by atoms with van der Waals surface area (Å²) in [5.41, 5.74) is -0.214. The Labute approximate surface area is 301 Å². The highest BCUT2D eigenvalue weighted by molar-refractivity contribution is 7.45. The minimum atomic E-state index is -1.03. The fourth-order valence-electron chi connectivity index (χ4n) is 9.26. The third-order valence-electron chi connectivity index (χ3n) is 10.6. The van der Waals surface area contributed by atoms with Gasteiger partial charge in [-0.05, 0) is 120 Å². The molecule has 4 aliphatic heterocycles. The van der Waals surface area contributed by atoms with Crippen LogP contribution in [0, 0.1) is 0 Å². The Morgan fingerprint density at radius 3 is 1.92 bits per heavy atom. The molecule has 1 aliphatic carbocycles. The molecule has 284 valence electrons. The number of ether oxygens (including phenoxy) is 1. The van der Waals surface area contributed by atoms with Gasteiger partial charge in [-0.2, -0.15) is 0 Å². The Morgan fingerprint density at radius 1 is 0.816 bits per heavy atom. The molecule has 0 aromatic carbocycles. The Kier molecular flexibility index (Phi) is 15.0. The largest absolute Gasteiger partial charge is 0.383 e. The predicted molar refractivity (Wildman–Crippen MR) is 201 cm³/mol. The highest BCUT2D eigenvalue weighted by Gasteiger charge is 2.51. The summed E-state index contributed by atoms with van der Waals surface area (Å²) in [7, 11) is -0.199. The van der Waals surface area contributed by atoms with Gasteiger partial charge in [0.2, 0.25) is 5.91 Å². The van der Waals surface area contributed by atoms with Gasteiger partial charge in [0.1, 0.15) is 0 Å². The quantitative estimate of drug-likeness (QED) is 0.186. The monoisotopic (exact) mass is 728 g/mol. The van der Waals surface area contributed by atoms with Crippen LogP contribution < -0.4 is 5.32 Å². The van der Waals surface area contributed by atoms with E-state index in [0.717, 1.165) is 71.5 Å². The van der Waals surface area contributed by atoms with Gasteiger partial charge in [0.15, 0.2) is 0 Å². The minimum absolute atomic E-state index is 0.0298. The van der Waals surface area contributed by atoms with Crippen molar-refractivity contribution in [2.75, 3.05) is 40.1 Å². The molecular weight excluding hydrogens is 658 g/mol. The number of methoxy groups -OCH3 is 1. The zero-order valence-electron chi connectivity index (χ0n) is 32.6. The lowest BCUT2D eigenvalue weighted by molar-refractivity contribution is -0.146. The summed E-state index contributed by atoms with van der Waals surface area (Å²) in [6.45, 7) is 27.8. The van der Waals surface area contributed by atoms with Crippen LogP contribution in [0.25, 0.3) is 0 Å². The van der Waals surface area contributed by atoms with Crippen LogP contribution in [0.4, 0.5) is 0 Å². The van der Waals surface area contributed by atoms with Gasteiger partial charge < -0.3 is 33.0 Å². The molecule has 4 heterocycles. The van der Waals surface area contributed by atoms with E-state index >= 15 is 0 Å². The van der Waals surface area contributed by atoms with Crippen LogP contribution in [0.5, 0.6) is 0 Å². The molecule has 1 saturated carbocycles. The first-order valence-electron chi connectivity index (χ1n) is 18.9. The number of likely N-dealkylation sites (tertiary alicyclic amines) is 1. The molecule has 0 bridgehead atoms. The first-order chi connectivity index (χ1) is 23.0. The maximum Gasteiger partial charge on any atom is 0.259 e. The third kappa shape index (κ3) is 11.4. The summed E-state index contributed by atoms with van der Waals surface area (Å²) in [4.78, 5) is 14.7. The molecule has 10 nitrogen and oxygen atoms in total. The SMILES string of the molecule is C=CC(=O)N1C(C)(C)CC(N(C2CCCCC2)P2OCCC(C)O2)CC1(C)C.COCCN(C1CC(C)(C)NC(C)(C)C1)P1OCCCO1. The van der Waals surface area contributed by atoms with E-state index in [1.54, 1.807) is 7.11 Å². The first-order valence-corrected chi connectivity index (χ1v) is 21.2. The topological polar surface area (TPSA) is 85.0 Å². The predicted octanol–water partition coefficient (Wildman–Crippen LogP) is 8.32. The summed E-state index contributed by atoms with van der Waals surface area (Å²) < 4.78 is 34.8. The Bertz CT molecular complexity index is 1030. The van der Waals surface area contributed by atoms with Crippen molar-refractivity contribution in [1.82, 2.24) is 19.6 Å². The Morgan fingerprint density at radius 2 is 1.39 bits per heavy atom. The zero-order chi connectivity index (χ0) is 36.0. The van der Waals surface area contributed by atoms with Crippen molar-refractivity contribution in [2.24, 2.45) is 0 Å². The van der Waals surface area contributed by atoms with Crippen LogP contribution in [0.2, 0.25) is 0 Å². The molecule has 5 fully saturated rings. The van der Waals surface area contributed by atoms with E-state index in [-0.39, 0.29) is 34.2 Å². The number of nitrogens with zero attached hydrogens (tertiary/aromatic N) is 3. The van der Waals surface area contributed by atoms with Gasteiger partial charge in [0.05, 0.1) is 32.5 Å². The molecule has 49 heavy (non-hydrogen) atoms. The molecule has 1 N–H and O–H groups in total. The lowest BCUT2D eigenvalue weighted by Crippen LogP contribution is -2.66. The highest BCUT2D eigenvalue weighted by Crippen LogP contribution is 2.55. The number of rotatable bonds is 9. The summed E-state index contributed by atoms with van der Waals surface area (Å²) in [5.74, 6) is 0.0298. The van der Waals surface area contributed by atoms with Crippen LogP contribution in [-0.2, 0) is 27.6 Å². The molecule has 2 unspecified atom stereocenters. The lowest BCUT2D eigenvalue weighted by atomic mass is 9.76. The maximum absolute atomic E-state index is 12.7. The van der Waals surface area contributed by atoms with Gasteiger partial charge in [-0.3, -0.25) is 4.79 Å². The van der Waals surface area contributed by atoms with Crippen molar-refractivity contribution in [1.29, 1.82) is 0 Å².